The lowest BCUT2D eigenvalue weighted by Gasteiger charge is -2.63. The van der Waals surface area contributed by atoms with Gasteiger partial charge in [-0.1, -0.05) is 13.8 Å². The van der Waals surface area contributed by atoms with Crippen LogP contribution in [-0.4, -0.2) is 46.7 Å². The van der Waals surface area contributed by atoms with E-state index in [1.807, 2.05) is 0 Å². The number of hydrazone groups is 1. The molecule has 5 aliphatic rings. The fourth-order valence-electron chi connectivity index (χ4n) is 8.56. The van der Waals surface area contributed by atoms with Gasteiger partial charge in [0, 0.05) is 23.6 Å². The summed E-state index contributed by atoms with van der Waals surface area (Å²) in [5.74, 6) is 2.69. The van der Waals surface area contributed by atoms with Gasteiger partial charge in [0.25, 0.3) is 0 Å². The maximum absolute atomic E-state index is 12.3. The van der Waals surface area contributed by atoms with E-state index in [1.165, 1.54) is 6.42 Å². The topological polar surface area (TPSA) is 89.2 Å². The maximum atomic E-state index is 12.3. The van der Waals surface area contributed by atoms with Crippen molar-refractivity contribution in [3.05, 3.63) is 0 Å². The molecule has 4 N–H and O–H groups in total. The Labute approximate surface area is 181 Å². The van der Waals surface area contributed by atoms with Crippen molar-refractivity contribution in [2.75, 3.05) is 13.1 Å². The molecule has 4 fully saturated rings. The van der Waals surface area contributed by atoms with Gasteiger partial charge in [0.1, 0.15) is 0 Å². The van der Waals surface area contributed by atoms with E-state index in [4.69, 9.17) is 0 Å². The van der Waals surface area contributed by atoms with Crippen molar-refractivity contribution < 1.29 is 10.2 Å². The monoisotopic (exact) mass is 416 g/mol. The number of rotatable bonds is 2. The first-order valence-electron chi connectivity index (χ1n) is 12.3. The molecule has 1 heterocycles. The van der Waals surface area contributed by atoms with Crippen LogP contribution >= 0.6 is 0 Å². The van der Waals surface area contributed by atoms with Gasteiger partial charge in [0.05, 0.1) is 18.2 Å². The Kier molecular flexibility index (Phi) is 4.97. The zero-order valence-electron chi connectivity index (χ0n) is 19.0. The largest absolute Gasteiger partial charge is 0.393 e. The molecule has 0 aromatic heterocycles. The minimum absolute atomic E-state index is 0.105. The van der Waals surface area contributed by atoms with Gasteiger partial charge >= 0.3 is 0 Å². The number of aliphatic hydroxyl groups excluding tert-OH is 1. The third kappa shape index (κ3) is 2.89. The van der Waals surface area contributed by atoms with Gasteiger partial charge < -0.3 is 15.5 Å². The first-order valence-corrected chi connectivity index (χ1v) is 12.3. The Morgan fingerprint density at radius 3 is 2.70 bits per heavy atom. The molecule has 4 saturated carbocycles. The number of nitrogens with one attached hydrogen (secondary N) is 2. The Hall–Kier alpha value is -1.14. The number of hydrogen-bond donors (Lipinski definition) is 4. The van der Waals surface area contributed by atoms with E-state index >= 15 is 0 Å². The molecule has 6 nitrogen and oxygen atoms in total. The smallest absolute Gasteiger partial charge is 0.212 e. The second kappa shape index (κ2) is 7.19. The summed E-state index contributed by atoms with van der Waals surface area (Å²) in [4.78, 5) is 4.37. The predicted molar refractivity (Wildman–Crippen MR) is 119 cm³/mol. The lowest BCUT2D eigenvalue weighted by Crippen LogP contribution is -2.62. The predicted octanol–water partition coefficient (Wildman–Crippen LogP) is 3.05. The first kappa shape index (κ1) is 20.7. The Morgan fingerprint density at radius 1 is 1.10 bits per heavy atom. The zero-order valence-corrected chi connectivity index (χ0v) is 19.0. The highest BCUT2D eigenvalue weighted by Gasteiger charge is 2.67. The fraction of sp³-hybridized carbons (Fsp3) is 0.917. The first-order chi connectivity index (χ1) is 14.3. The Morgan fingerprint density at radius 2 is 1.93 bits per heavy atom. The number of hydrogen-bond acceptors (Lipinski definition) is 6. The average Bonchev–Trinajstić information content (AvgIpc) is 3.33. The minimum Gasteiger partial charge on any atom is -0.393 e. The summed E-state index contributed by atoms with van der Waals surface area (Å²) < 4.78 is 0. The summed E-state index contributed by atoms with van der Waals surface area (Å²) in [6, 6.07) is 0. The fourth-order valence-corrected chi connectivity index (χ4v) is 8.56. The van der Waals surface area contributed by atoms with Crippen molar-refractivity contribution >= 4 is 11.7 Å². The average molecular weight is 417 g/mol. The standard InChI is InChI=1S/C24H40N4O2/c1-15(27-28-21-25-12-13-26-21)18-8-11-24(30)20-5-4-16-14-17(29)6-9-22(16,2)19(20)7-10-23(18,24)3/h16-20,29-30H,4-14H2,1-3H3,(H2,25,26,28)/b27-15+/t16-,17+,18-,19+,20-,22+,23-,24+/m1/s1. The van der Waals surface area contributed by atoms with E-state index in [0.717, 1.165) is 76.1 Å². The third-order valence-corrected chi connectivity index (χ3v) is 10.3. The van der Waals surface area contributed by atoms with Gasteiger partial charge in [-0.2, -0.15) is 5.10 Å². The number of guanidine groups is 1. The van der Waals surface area contributed by atoms with Crippen LogP contribution in [0.2, 0.25) is 0 Å². The number of aliphatic imine (C=N–C) groups is 1. The van der Waals surface area contributed by atoms with Crippen molar-refractivity contribution in [1.82, 2.24) is 10.7 Å². The van der Waals surface area contributed by atoms with E-state index in [9.17, 15) is 10.2 Å². The Bertz CT molecular complexity index is 753. The van der Waals surface area contributed by atoms with E-state index in [2.05, 4.69) is 41.6 Å². The highest BCUT2D eigenvalue weighted by atomic mass is 16.3. The zero-order chi connectivity index (χ0) is 21.1. The summed E-state index contributed by atoms with van der Waals surface area (Å²) in [7, 11) is 0. The molecule has 0 spiro atoms. The molecule has 0 radical (unpaired) electrons. The summed E-state index contributed by atoms with van der Waals surface area (Å²) in [5, 5.41) is 30.4. The number of aliphatic hydroxyl groups is 2. The van der Waals surface area contributed by atoms with Gasteiger partial charge in [-0.25, -0.2) is 10.4 Å². The van der Waals surface area contributed by atoms with Crippen LogP contribution in [0.15, 0.2) is 10.1 Å². The lowest BCUT2D eigenvalue weighted by molar-refractivity contribution is -0.206. The van der Waals surface area contributed by atoms with Crippen LogP contribution in [0.3, 0.4) is 0 Å². The van der Waals surface area contributed by atoms with E-state index < -0.39 is 5.60 Å². The van der Waals surface area contributed by atoms with Crippen LogP contribution in [0.5, 0.6) is 0 Å². The van der Waals surface area contributed by atoms with Crippen LogP contribution in [0.4, 0.5) is 0 Å². The van der Waals surface area contributed by atoms with Crippen LogP contribution in [-0.2, 0) is 0 Å². The molecule has 30 heavy (non-hydrogen) atoms. The van der Waals surface area contributed by atoms with E-state index in [-0.39, 0.29) is 16.9 Å². The van der Waals surface area contributed by atoms with Crippen LogP contribution in [0.25, 0.3) is 0 Å². The molecule has 4 aliphatic carbocycles. The molecule has 5 rings (SSSR count). The van der Waals surface area contributed by atoms with Gasteiger partial charge in [-0.3, -0.25) is 0 Å². The summed E-state index contributed by atoms with van der Waals surface area (Å²) in [6.07, 6.45) is 9.38. The van der Waals surface area contributed by atoms with Crippen LogP contribution in [0, 0.1) is 34.5 Å². The molecule has 0 aromatic carbocycles. The summed E-state index contributed by atoms with van der Waals surface area (Å²) in [5.41, 5.74) is 3.80. The molecule has 6 heteroatoms. The van der Waals surface area contributed by atoms with Crippen molar-refractivity contribution in [2.24, 2.45) is 44.6 Å². The highest BCUT2D eigenvalue weighted by molar-refractivity contribution is 5.88. The van der Waals surface area contributed by atoms with Gasteiger partial charge in [0.15, 0.2) is 0 Å². The summed E-state index contributed by atoms with van der Waals surface area (Å²) in [6.45, 7) is 8.61. The van der Waals surface area contributed by atoms with Crippen molar-refractivity contribution in [2.45, 2.75) is 90.3 Å². The molecular weight excluding hydrogens is 376 g/mol. The molecule has 0 bridgehead atoms. The lowest BCUT2D eigenvalue weighted by atomic mass is 9.43. The van der Waals surface area contributed by atoms with E-state index in [1.54, 1.807) is 0 Å². The van der Waals surface area contributed by atoms with Gasteiger partial charge in [0.2, 0.25) is 5.96 Å². The summed E-state index contributed by atoms with van der Waals surface area (Å²) >= 11 is 0. The maximum Gasteiger partial charge on any atom is 0.212 e. The van der Waals surface area contributed by atoms with Crippen molar-refractivity contribution in [1.29, 1.82) is 0 Å². The van der Waals surface area contributed by atoms with Crippen LogP contribution < -0.4 is 10.7 Å². The minimum atomic E-state index is -0.593. The second-order valence-electron chi connectivity index (χ2n) is 11.4. The Balaban J connectivity index is 1.38. The molecular formula is C24H40N4O2. The normalized spacial score (nSPS) is 50.8. The quantitative estimate of drug-likeness (QED) is 0.411. The number of nitrogens with zero attached hydrogens (tertiary/aromatic N) is 2. The van der Waals surface area contributed by atoms with Gasteiger partial charge in [-0.05, 0) is 87.9 Å². The second-order valence-corrected chi connectivity index (χ2v) is 11.4. The highest BCUT2D eigenvalue weighted by Crippen LogP contribution is 2.69. The SMILES string of the molecule is C/C(=N\NC1=NCCN1)[C@H]1CC[C@]2(O)[C@@H]3CC[C@@H]4C[C@@H](O)CC[C@]4(C)[C@H]3CC[C@]12C. The molecule has 0 amide bonds. The van der Waals surface area contributed by atoms with Crippen LogP contribution in [0.1, 0.15) is 78.6 Å². The molecule has 1 aliphatic heterocycles. The molecule has 0 saturated heterocycles. The number of fused-ring (bicyclic) bond motifs is 5. The van der Waals surface area contributed by atoms with Gasteiger partial charge in [-0.15, -0.1) is 0 Å². The van der Waals surface area contributed by atoms with Crippen molar-refractivity contribution in [3.63, 3.8) is 0 Å². The molecule has 168 valence electrons. The van der Waals surface area contributed by atoms with E-state index in [0.29, 0.717) is 23.7 Å². The molecule has 0 unspecified atom stereocenters. The third-order valence-electron chi connectivity index (χ3n) is 10.3. The molecule has 8 atom stereocenters. The van der Waals surface area contributed by atoms with Crippen molar-refractivity contribution in [3.8, 4) is 0 Å². The molecule has 0 aromatic rings.